The van der Waals surface area contributed by atoms with E-state index >= 15 is 0 Å². The summed E-state index contributed by atoms with van der Waals surface area (Å²) < 4.78 is 0. The minimum Gasteiger partial charge on any atom is -0.508 e. The zero-order valence-electron chi connectivity index (χ0n) is 14.3. The lowest BCUT2D eigenvalue weighted by Crippen LogP contribution is -2.30. The highest BCUT2D eigenvalue weighted by Gasteiger charge is 2.22. The molecule has 0 aliphatic rings. The lowest BCUT2D eigenvalue weighted by Gasteiger charge is -2.19. The van der Waals surface area contributed by atoms with Gasteiger partial charge in [0.25, 0.3) is 0 Å². The topological polar surface area (TPSA) is 127 Å². The summed E-state index contributed by atoms with van der Waals surface area (Å²) in [4.78, 5) is 23.3. The maximum absolute atomic E-state index is 11.8. The molecule has 6 N–H and O–H groups in total. The van der Waals surface area contributed by atoms with Crippen LogP contribution in [0.1, 0.15) is 27.9 Å². The monoisotopic (exact) mass is 355 g/mol. The lowest BCUT2D eigenvalue weighted by molar-refractivity contribution is -0.122. The fraction of sp³-hybridized carbons (Fsp3) is 0.250. The van der Waals surface area contributed by atoms with Gasteiger partial charge in [0.05, 0.1) is 6.10 Å². The Morgan fingerprint density at radius 2 is 1.77 bits per heavy atom. The fourth-order valence-corrected chi connectivity index (χ4v) is 2.81. The summed E-state index contributed by atoms with van der Waals surface area (Å²) in [6.45, 7) is 0. The number of nitrogens with two attached hydrogens (primary N) is 2. The molecule has 0 heterocycles. The van der Waals surface area contributed by atoms with E-state index in [4.69, 9.17) is 11.5 Å². The summed E-state index contributed by atoms with van der Waals surface area (Å²) in [6.07, 6.45) is 1.77. The molecule has 2 rings (SSSR count). The van der Waals surface area contributed by atoms with Gasteiger partial charge in [0.2, 0.25) is 11.8 Å². The average molecular weight is 355 g/mol. The summed E-state index contributed by atoms with van der Waals surface area (Å²) in [5, 5.41) is 19.7. The maximum Gasteiger partial charge on any atom is 0.249 e. The number of phenolic OH excluding ortho intramolecular Hbond substituents is 1. The molecule has 0 aliphatic heterocycles. The van der Waals surface area contributed by atoms with Crippen molar-refractivity contribution in [2.24, 2.45) is 17.4 Å². The highest BCUT2D eigenvalue weighted by molar-refractivity contribution is 5.95. The Balaban J connectivity index is 2.03. The molecule has 0 fully saturated rings. The molecule has 2 unspecified atom stereocenters. The van der Waals surface area contributed by atoms with Crippen LogP contribution >= 0.6 is 0 Å². The van der Waals surface area contributed by atoms with Crippen LogP contribution in [-0.2, 0) is 17.6 Å². The van der Waals surface area contributed by atoms with Crippen molar-refractivity contribution in [3.8, 4) is 5.75 Å². The highest BCUT2D eigenvalue weighted by atomic mass is 16.3. The predicted molar refractivity (Wildman–Crippen MR) is 98.1 cm³/mol. The minimum atomic E-state index is -0.818. The molecule has 6 heteroatoms. The average Bonchev–Trinajstić information content (AvgIpc) is 2.61. The molecule has 0 saturated carbocycles. The molecule has 6 nitrogen and oxygen atoms in total. The van der Waals surface area contributed by atoms with E-state index in [0.29, 0.717) is 12.0 Å². The Bertz CT molecular complexity index is 762. The van der Waals surface area contributed by atoms with Crippen LogP contribution in [0.25, 0.3) is 0 Å². The molecule has 2 aromatic carbocycles. The van der Waals surface area contributed by atoms with Crippen molar-refractivity contribution < 1.29 is 19.8 Å². The molecule has 0 spiro atoms. The van der Waals surface area contributed by atoms with Crippen molar-refractivity contribution >= 4 is 11.8 Å². The van der Waals surface area contributed by atoms with E-state index in [0.717, 1.165) is 5.56 Å². The Labute approximate surface area is 152 Å². The van der Waals surface area contributed by atoms with E-state index in [9.17, 15) is 19.8 Å². The van der Waals surface area contributed by atoms with Crippen LogP contribution in [0, 0.1) is 12.3 Å². The van der Waals surface area contributed by atoms with Gasteiger partial charge in [-0.25, -0.2) is 0 Å². The number of rotatable bonds is 9. The van der Waals surface area contributed by atoms with Gasteiger partial charge >= 0.3 is 0 Å². The second kappa shape index (κ2) is 9.01. The first-order valence-corrected chi connectivity index (χ1v) is 8.33. The molecule has 0 saturated heterocycles. The van der Waals surface area contributed by atoms with Crippen LogP contribution < -0.4 is 11.5 Å². The van der Waals surface area contributed by atoms with E-state index < -0.39 is 23.8 Å². The minimum absolute atomic E-state index is 0.0885. The van der Waals surface area contributed by atoms with Crippen LogP contribution in [0.2, 0.25) is 0 Å². The molecule has 26 heavy (non-hydrogen) atoms. The highest BCUT2D eigenvalue weighted by Crippen LogP contribution is 2.22. The number of carbonyl (C=O) groups excluding carboxylic acids is 2. The fourth-order valence-electron chi connectivity index (χ4n) is 2.81. The van der Waals surface area contributed by atoms with Crippen LogP contribution in [0.3, 0.4) is 0 Å². The van der Waals surface area contributed by atoms with Crippen LogP contribution in [0.4, 0.5) is 0 Å². The molecule has 1 radical (unpaired) electrons. The van der Waals surface area contributed by atoms with Crippen molar-refractivity contribution in [1.29, 1.82) is 0 Å². The number of aliphatic hydroxyl groups excluding tert-OH is 1. The maximum atomic E-state index is 11.8. The summed E-state index contributed by atoms with van der Waals surface area (Å²) in [5.74, 6) is -2.02. The summed E-state index contributed by atoms with van der Waals surface area (Å²) in [6, 6.07) is 13.8. The third-order valence-electron chi connectivity index (χ3n) is 4.22. The zero-order chi connectivity index (χ0) is 19.1. The van der Waals surface area contributed by atoms with Gasteiger partial charge in [-0.3, -0.25) is 9.59 Å². The van der Waals surface area contributed by atoms with Crippen molar-refractivity contribution in [2.75, 3.05) is 0 Å². The van der Waals surface area contributed by atoms with E-state index in [1.165, 1.54) is 18.2 Å². The number of primary amides is 2. The Kier molecular flexibility index (Phi) is 6.74. The summed E-state index contributed by atoms with van der Waals surface area (Å²) in [5.41, 5.74) is 12.5. The normalized spacial score (nSPS) is 13.1. The van der Waals surface area contributed by atoms with E-state index in [1.807, 2.05) is 30.3 Å². The number of hydrogen-bond donors (Lipinski definition) is 4. The molecule has 0 aliphatic carbocycles. The smallest absolute Gasteiger partial charge is 0.249 e. The summed E-state index contributed by atoms with van der Waals surface area (Å²) >= 11 is 0. The quantitative estimate of drug-likeness (QED) is 0.541. The second-order valence-electron chi connectivity index (χ2n) is 6.24. The number of aliphatic hydroxyl groups is 1. The molecule has 137 valence electrons. The first-order chi connectivity index (χ1) is 12.4. The second-order valence-corrected chi connectivity index (χ2v) is 6.24. The predicted octanol–water partition coefficient (Wildman–Crippen LogP) is 1.33. The summed E-state index contributed by atoms with van der Waals surface area (Å²) in [7, 11) is 0. The van der Waals surface area contributed by atoms with Crippen molar-refractivity contribution in [2.45, 2.75) is 25.4 Å². The van der Waals surface area contributed by atoms with E-state index in [1.54, 1.807) is 6.42 Å². The first-order valence-electron chi connectivity index (χ1n) is 8.33. The number of aromatic hydroxyl groups is 1. The van der Waals surface area contributed by atoms with Gasteiger partial charge in [0, 0.05) is 11.5 Å². The molecule has 0 aromatic heterocycles. The zero-order valence-corrected chi connectivity index (χ0v) is 14.3. The number of carbonyl (C=O) groups is 2. The third kappa shape index (κ3) is 5.60. The van der Waals surface area contributed by atoms with Gasteiger partial charge in [-0.05, 0) is 48.9 Å². The Morgan fingerprint density at radius 3 is 2.38 bits per heavy atom. The molecule has 2 aromatic rings. The van der Waals surface area contributed by atoms with E-state index in [-0.39, 0.29) is 24.2 Å². The van der Waals surface area contributed by atoms with Crippen LogP contribution in [0.5, 0.6) is 5.75 Å². The molecule has 0 bridgehead atoms. The third-order valence-corrected chi connectivity index (χ3v) is 4.22. The van der Waals surface area contributed by atoms with Gasteiger partial charge in [-0.15, -0.1) is 0 Å². The Hall–Kier alpha value is -2.86. The van der Waals surface area contributed by atoms with Gasteiger partial charge < -0.3 is 21.7 Å². The number of amides is 2. The van der Waals surface area contributed by atoms with Crippen molar-refractivity contribution in [1.82, 2.24) is 0 Å². The van der Waals surface area contributed by atoms with Crippen molar-refractivity contribution in [3.05, 3.63) is 71.6 Å². The van der Waals surface area contributed by atoms with Crippen molar-refractivity contribution in [3.63, 3.8) is 0 Å². The SMILES string of the molecule is NC(=O)c1cc(O)ccc1CC(CC(O)[CH]Cc1ccccc1)C(N)=O. The lowest BCUT2D eigenvalue weighted by atomic mass is 9.89. The number of hydrogen-bond acceptors (Lipinski definition) is 4. The molecule has 2 amide bonds. The number of phenols is 1. The molecular weight excluding hydrogens is 332 g/mol. The van der Waals surface area contributed by atoms with Gasteiger partial charge in [-0.1, -0.05) is 36.4 Å². The van der Waals surface area contributed by atoms with Gasteiger partial charge in [0.1, 0.15) is 5.75 Å². The van der Waals surface area contributed by atoms with Gasteiger partial charge in [0.15, 0.2) is 0 Å². The van der Waals surface area contributed by atoms with E-state index in [2.05, 4.69) is 0 Å². The standard InChI is InChI=1S/C20H23N2O4/c21-19(25)15(10-14-7-9-17(24)12-18(14)20(22)26)11-16(23)8-6-13-4-2-1-3-5-13/h1-5,7-9,12,15-16,23-24H,6,10-11H2,(H2,21,25)(H2,22,26). The largest absolute Gasteiger partial charge is 0.508 e. The molecular formula is C20H23N2O4. The Morgan fingerprint density at radius 1 is 1.08 bits per heavy atom. The van der Waals surface area contributed by atoms with Crippen LogP contribution in [0.15, 0.2) is 48.5 Å². The van der Waals surface area contributed by atoms with Gasteiger partial charge in [-0.2, -0.15) is 0 Å². The molecule has 2 atom stereocenters. The number of benzene rings is 2. The first kappa shape index (κ1) is 19.5. The van der Waals surface area contributed by atoms with Crippen LogP contribution in [-0.4, -0.2) is 28.1 Å².